The molecule has 0 atom stereocenters. The first kappa shape index (κ1) is 25.0. The van der Waals surface area contributed by atoms with E-state index in [1.807, 2.05) is 42.5 Å². The van der Waals surface area contributed by atoms with Crippen LogP contribution in [0.4, 0.5) is 42.3 Å². The van der Waals surface area contributed by atoms with Crippen LogP contribution in [0.15, 0.2) is 65.0 Å². The van der Waals surface area contributed by atoms with Crippen LogP contribution in [0.25, 0.3) is 0 Å². The van der Waals surface area contributed by atoms with E-state index in [1.165, 1.54) is 35.9 Å². The zero-order chi connectivity index (χ0) is 25.6. The van der Waals surface area contributed by atoms with Crippen molar-refractivity contribution in [2.45, 2.75) is 26.7 Å². The molecular weight excluding hydrogens is 507 g/mol. The van der Waals surface area contributed by atoms with Crippen molar-refractivity contribution in [3.63, 3.8) is 0 Å². The Labute approximate surface area is 223 Å². The average Bonchev–Trinajstić information content (AvgIpc) is 3.65. The van der Waals surface area contributed by atoms with Gasteiger partial charge in [0.25, 0.3) is 0 Å². The number of hydrazine groups is 1. The van der Waals surface area contributed by atoms with E-state index in [2.05, 4.69) is 72.8 Å². The number of thiophene rings is 1. The maximum Gasteiger partial charge on any atom is 0.232 e. The third-order valence-corrected chi connectivity index (χ3v) is 7.81. The number of benzene rings is 2. The quantitative estimate of drug-likeness (QED) is 0.0936. The van der Waals surface area contributed by atoms with E-state index in [1.54, 1.807) is 0 Å². The monoisotopic (exact) mass is 536 g/mol. The minimum absolute atomic E-state index is 0.295. The highest BCUT2D eigenvalue weighted by Crippen LogP contribution is 2.32. The average molecular weight is 537 g/mol. The van der Waals surface area contributed by atoms with Crippen molar-refractivity contribution in [2.24, 2.45) is 10.2 Å². The predicted molar refractivity (Wildman–Crippen MR) is 154 cm³/mol. The van der Waals surface area contributed by atoms with E-state index in [-0.39, 0.29) is 5.13 Å². The first-order valence-corrected chi connectivity index (χ1v) is 13.8. The summed E-state index contributed by atoms with van der Waals surface area (Å²) in [5.41, 5.74) is 12.2. The van der Waals surface area contributed by atoms with Gasteiger partial charge in [-0.05, 0) is 86.3 Å². The summed E-state index contributed by atoms with van der Waals surface area (Å²) in [5, 5.41) is 17.5. The standard InChI is InChI=1S/C26H29FN8S2/c1-17-13-19(29-16-30-24-9-10-25(37-24)35-11-3-4-12-35)5-7-21(17)32-31-20-6-8-22(18(2)14-20)33-34-26-28-15-23(27)36-26/h5-10,13-15,29-32H,3-4,11-12,16H2,1-2H3. The van der Waals surface area contributed by atoms with Gasteiger partial charge in [0.05, 0.1) is 39.9 Å². The Morgan fingerprint density at radius 2 is 1.70 bits per heavy atom. The van der Waals surface area contributed by atoms with Crippen molar-refractivity contribution in [1.29, 1.82) is 0 Å². The molecule has 0 unspecified atom stereocenters. The Morgan fingerprint density at radius 1 is 0.892 bits per heavy atom. The second-order valence-electron chi connectivity index (χ2n) is 8.79. The van der Waals surface area contributed by atoms with Gasteiger partial charge in [-0.3, -0.25) is 0 Å². The molecule has 2 aromatic carbocycles. The summed E-state index contributed by atoms with van der Waals surface area (Å²) >= 11 is 2.67. The molecule has 0 aliphatic carbocycles. The van der Waals surface area contributed by atoms with E-state index < -0.39 is 0 Å². The van der Waals surface area contributed by atoms with Crippen molar-refractivity contribution in [3.05, 3.63) is 71.0 Å². The molecule has 1 saturated heterocycles. The summed E-state index contributed by atoms with van der Waals surface area (Å²) in [6, 6.07) is 16.3. The number of aromatic nitrogens is 1. The van der Waals surface area contributed by atoms with Crippen LogP contribution < -0.4 is 26.4 Å². The Hall–Kier alpha value is -3.70. The maximum atomic E-state index is 13.1. The number of hydrogen-bond donors (Lipinski definition) is 4. The largest absolute Gasteiger partial charge is 0.368 e. The number of hydrogen-bond acceptors (Lipinski definition) is 10. The minimum Gasteiger partial charge on any atom is -0.368 e. The number of rotatable bonds is 10. The number of azo groups is 1. The Balaban J connectivity index is 1.11. The Morgan fingerprint density at radius 3 is 2.46 bits per heavy atom. The molecule has 1 aliphatic rings. The van der Waals surface area contributed by atoms with E-state index in [4.69, 9.17) is 0 Å². The molecule has 0 amide bonds. The molecule has 0 spiro atoms. The summed E-state index contributed by atoms with van der Waals surface area (Å²) < 4.78 is 13.1. The van der Waals surface area contributed by atoms with Crippen LogP contribution in [0.1, 0.15) is 24.0 Å². The number of nitrogens with zero attached hydrogens (tertiary/aromatic N) is 4. The van der Waals surface area contributed by atoms with E-state index in [0.29, 0.717) is 17.5 Å². The van der Waals surface area contributed by atoms with Crippen molar-refractivity contribution < 1.29 is 4.39 Å². The summed E-state index contributed by atoms with van der Waals surface area (Å²) in [4.78, 5) is 6.31. The van der Waals surface area contributed by atoms with Crippen LogP contribution in [0, 0.1) is 19.0 Å². The van der Waals surface area contributed by atoms with Gasteiger partial charge < -0.3 is 26.4 Å². The molecule has 11 heteroatoms. The number of anilines is 5. The molecule has 5 rings (SSSR count). The van der Waals surface area contributed by atoms with Gasteiger partial charge in [-0.2, -0.15) is 4.39 Å². The topological polar surface area (TPSA) is 89.0 Å². The first-order chi connectivity index (χ1) is 18.0. The van der Waals surface area contributed by atoms with Crippen molar-refractivity contribution in [1.82, 2.24) is 4.98 Å². The van der Waals surface area contributed by atoms with Crippen LogP contribution >= 0.6 is 22.7 Å². The van der Waals surface area contributed by atoms with Crippen LogP contribution in [0.5, 0.6) is 0 Å². The Bertz CT molecular complexity index is 1380. The molecule has 4 N–H and O–H groups in total. The maximum absolute atomic E-state index is 13.1. The second kappa shape index (κ2) is 11.6. The normalized spacial score (nSPS) is 13.3. The molecule has 8 nitrogen and oxygen atoms in total. The molecular formula is C26H29FN8S2. The molecule has 2 aromatic heterocycles. The highest BCUT2D eigenvalue weighted by atomic mass is 32.1. The smallest absolute Gasteiger partial charge is 0.232 e. The van der Waals surface area contributed by atoms with Gasteiger partial charge in [-0.15, -0.1) is 21.6 Å². The van der Waals surface area contributed by atoms with Crippen molar-refractivity contribution in [2.75, 3.05) is 46.1 Å². The third-order valence-electron chi connectivity index (χ3n) is 6.04. The van der Waals surface area contributed by atoms with Gasteiger partial charge in [-0.25, -0.2) is 4.98 Å². The van der Waals surface area contributed by atoms with Gasteiger partial charge in [0.15, 0.2) is 5.13 Å². The lowest BCUT2D eigenvalue weighted by molar-refractivity contribution is 0.653. The molecule has 4 aromatic rings. The summed E-state index contributed by atoms with van der Waals surface area (Å²) in [6.07, 6.45) is 3.72. The molecule has 0 radical (unpaired) electrons. The highest BCUT2D eigenvalue weighted by Gasteiger charge is 2.14. The van der Waals surface area contributed by atoms with Crippen molar-refractivity contribution in [3.8, 4) is 0 Å². The molecule has 1 fully saturated rings. The zero-order valence-electron chi connectivity index (χ0n) is 20.7. The molecule has 37 heavy (non-hydrogen) atoms. The van der Waals surface area contributed by atoms with Gasteiger partial charge in [0.2, 0.25) is 5.13 Å². The summed E-state index contributed by atoms with van der Waals surface area (Å²) in [6.45, 7) is 7.01. The lowest BCUT2D eigenvalue weighted by Crippen LogP contribution is -2.15. The first-order valence-electron chi connectivity index (χ1n) is 12.1. The van der Waals surface area contributed by atoms with Gasteiger partial charge >= 0.3 is 0 Å². The summed E-state index contributed by atoms with van der Waals surface area (Å²) in [7, 11) is 0. The lowest BCUT2D eigenvalue weighted by atomic mass is 10.2. The lowest BCUT2D eigenvalue weighted by Gasteiger charge is -2.15. The SMILES string of the molecule is Cc1cc(NNc2ccc(NCNc3ccc(N4CCCC4)s3)cc2C)ccc1N=Nc1ncc(F)s1. The third kappa shape index (κ3) is 6.55. The van der Waals surface area contributed by atoms with Crippen molar-refractivity contribution >= 4 is 60.6 Å². The number of nitrogens with one attached hydrogen (secondary N) is 4. The molecule has 192 valence electrons. The fourth-order valence-corrected chi connectivity index (χ4v) is 5.47. The molecule has 3 heterocycles. The number of halogens is 1. The van der Waals surface area contributed by atoms with Gasteiger partial charge in [0.1, 0.15) is 0 Å². The second-order valence-corrected chi connectivity index (χ2v) is 10.8. The summed E-state index contributed by atoms with van der Waals surface area (Å²) in [5.74, 6) is 0. The zero-order valence-corrected chi connectivity index (χ0v) is 22.3. The van der Waals surface area contributed by atoms with E-state index in [9.17, 15) is 4.39 Å². The molecule has 0 saturated carbocycles. The number of thiazole rings is 1. The number of aryl methyl sites for hydroxylation is 2. The fraction of sp³-hybridized carbons (Fsp3) is 0.269. The van der Waals surface area contributed by atoms with E-state index in [0.717, 1.165) is 45.7 Å². The predicted octanol–water partition coefficient (Wildman–Crippen LogP) is 7.90. The highest BCUT2D eigenvalue weighted by molar-refractivity contribution is 7.20. The molecule has 0 bridgehead atoms. The van der Waals surface area contributed by atoms with E-state index >= 15 is 0 Å². The van der Waals surface area contributed by atoms with Gasteiger partial charge in [0, 0.05) is 18.8 Å². The van der Waals surface area contributed by atoms with Crippen LogP contribution in [0.3, 0.4) is 0 Å². The molecule has 1 aliphatic heterocycles. The Kier molecular flexibility index (Phi) is 7.81. The fourth-order valence-electron chi connectivity index (χ4n) is 4.05. The van der Waals surface area contributed by atoms with Crippen LogP contribution in [-0.2, 0) is 0 Å². The van der Waals surface area contributed by atoms with Gasteiger partial charge in [-0.1, -0.05) is 11.3 Å². The minimum atomic E-state index is -0.378. The van der Waals surface area contributed by atoms with Crippen LogP contribution in [-0.4, -0.2) is 24.7 Å². The van der Waals surface area contributed by atoms with Crippen LogP contribution in [0.2, 0.25) is 0 Å².